The molecule has 0 heterocycles. The third kappa shape index (κ3) is 57.2. The number of carbonyl (C=O) groups is 2. The van der Waals surface area contributed by atoms with Crippen LogP contribution in [-0.2, 0) is 27.9 Å². The maximum absolute atomic E-state index is 13.5. The lowest BCUT2D eigenvalue weighted by atomic mass is 10.0. The number of phosphoric acid groups is 1. The van der Waals surface area contributed by atoms with Crippen molar-refractivity contribution in [2.45, 2.75) is 264 Å². The van der Waals surface area contributed by atoms with Gasteiger partial charge in [-0.3, -0.25) is 14.2 Å². The van der Waals surface area contributed by atoms with Gasteiger partial charge in [-0.15, -0.1) is 0 Å². The van der Waals surface area contributed by atoms with Crippen molar-refractivity contribution in [3.8, 4) is 0 Å². The second-order valence-corrected chi connectivity index (χ2v) is 23.2. The summed E-state index contributed by atoms with van der Waals surface area (Å²) in [6, 6.07) is -0.931. The molecule has 0 aliphatic rings. The van der Waals surface area contributed by atoms with E-state index >= 15 is 0 Å². The van der Waals surface area contributed by atoms with Crippen molar-refractivity contribution in [3.05, 3.63) is 109 Å². The number of amides is 1. The first kappa shape index (κ1) is 73.7. The first-order valence-corrected chi connectivity index (χ1v) is 32.7. The van der Waals surface area contributed by atoms with E-state index in [1.807, 2.05) is 39.4 Å². The molecule has 0 aromatic rings. The monoisotopic (exact) mass is 1090 g/mol. The quantitative estimate of drug-likeness (QED) is 0.0212. The molecule has 0 aromatic heterocycles. The van der Waals surface area contributed by atoms with Gasteiger partial charge in [0.25, 0.3) is 7.82 Å². The Balaban J connectivity index is 5.29. The zero-order chi connectivity index (χ0) is 56.4. The summed E-state index contributed by atoms with van der Waals surface area (Å²) in [4.78, 5) is 39.9. The van der Waals surface area contributed by atoms with Gasteiger partial charge in [0.1, 0.15) is 19.3 Å². The van der Waals surface area contributed by atoms with E-state index in [1.165, 1.54) is 96.3 Å². The molecular formula is C67H117N2O7P. The lowest BCUT2D eigenvalue weighted by Crippen LogP contribution is -2.47. The molecule has 0 bridgehead atoms. The minimum Gasteiger partial charge on any atom is -0.756 e. The number of allylic oxidation sites excluding steroid dienone is 17. The number of nitrogens with zero attached hydrogens (tertiary/aromatic N) is 1. The Bertz CT molecular complexity index is 1690. The molecule has 0 spiro atoms. The molecule has 1 N–H and O–H groups in total. The molecule has 10 heteroatoms. The number of esters is 1. The number of unbranched alkanes of at least 4 members (excludes halogenated alkanes) is 23. The highest BCUT2D eigenvalue weighted by molar-refractivity contribution is 7.45. The molecule has 0 aliphatic heterocycles. The number of ether oxygens (including phenoxy) is 1. The number of phosphoric ester groups is 1. The number of hydrogen-bond acceptors (Lipinski definition) is 7. The van der Waals surface area contributed by atoms with E-state index in [2.05, 4.69) is 117 Å². The van der Waals surface area contributed by atoms with Crippen LogP contribution in [0.1, 0.15) is 252 Å². The van der Waals surface area contributed by atoms with Gasteiger partial charge in [-0.05, 0) is 102 Å². The summed E-state index contributed by atoms with van der Waals surface area (Å²) in [5.74, 6) is -0.641. The van der Waals surface area contributed by atoms with Crippen molar-refractivity contribution in [1.29, 1.82) is 0 Å². The topological polar surface area (TPSA) is 114 Å². The van der Waals surface area contributed by atoms with Crippen LogP contribution in [0.3, 0.4) is 0 Å². The van der Waals surface area contributed by atoms with Crippen LogP contribution in [0.25, 0.3) is 0 Å². The highest BCUT2D eigenvalue weighted by Crippen LogP contribution is 2.38. The van der Waals surface area contributed by atoms with Gasteiger partial charge in [0.05, 0.1) is 33.8 Å². The van der Waals surface area contributed by atoms with E-state index in [0.29, 0.717) is 23.9 Å². The van der Waals surface area contributed by atoms with Crippen molar-refractivity contribution in [1.82, 2.24) is 5.32 Å². The minimum absolute atomic E-state index is 0.0391. The van der Waals surface area contributed by atoms with Crippen LogP contribution in [0.2, 0.25) is 0 Å². The van der Waals surface area contributed by atoms with Gasteiger partial charge in [-0.25, -0.2) is 0 Å². The summed E-state index contributed by atoms with van der Waals surface area (Å²) in [5, 5.41) is 2.98. The third-order valence-corrected chi connectivity index (χ3v) is 14.2. The average molecular weight is 1090 g/mol. The molecular weight excluding hydrogens is 976 g/mol. The Morgan fingerprint density at radius 1 is 0.468 bits per heavy atom. The van der Waals surface area contributed by atoms with Crippen LogP contribution in [-0.4, -0.2) is 69.4 Å². The molecule has 442 valence electrons. The van der Waals surface area contributed by atoms with Crippen molar-refractivity contribution >= 4 is 19.7 Å². The first-order chi connectivity index (χ1) is 37.4. The highest BCUT2D eigenvalue weighted by Gasteiger charge is 2.27. The Hall–Kier alpha value is -3.33. The number of rotatable bonds is 55. The van der Waals surface area contributed by atoms with Crippen molar-refractivity contribution in [2.24, 2.45) is 0 Å². The van der Waals surface area contributed by atoms with Gasteiger partial charge in [0.2, 0.25) is 5.91 Å². The van der Waals surface area contributed by atoms with E-state index in [-0.39, 0.29) is 31.3 Å². The molecule has 9 nitrogen and oxygen atoms in total. The normalized spacial score (nSPS) is 14.4. The van der Waals surface area contributed by atoms with E-state index < -0.39 is 26.6 Å². The molecule has 0 rings (SSSR count). The summed E-state index contributed by atoms with van der Waals surface area (Å²) < 4.78 is 30.2. The Morgan fingerprint density at radius 3 is 1.27 bits per heavy atom. The van der Waals surface area contributed by atoms with Crippen molar-refractivity contribution < 1.29 is 37.3 Å². The fourth-order valence-electron chi connectivity index (χ4n) is 8.40. The predicted octanol–water partition coefficient (Wildman–Crippen LogP) is 18.7. The molecule has 0 saturated carbocycles. The van der Waals surface area contributed by atoms with Crippen LogP contribution >= 0.6 is 7.82 Å². The van der Waals surface area contributed by atoms with E-state index in [1.54, 1.807) is 0 Å². The summed E-state index contributed by atoms with van der Waals surface area (Å²) in [7, 11) is 1.13. The molecule has 0 aliphatic carbocycles. The summed E-state index contributed by atoms with van der Waals surface area (Å²) in [6.07, 6.45) is 76.5. The predicted molar refractivity (Wildman–Crippen MR) is 330 cm³/mol. The van der Waals surface area contributed by atoms with Crippen molar-refractivity contribution in [3.63, 3.8) is 0 Å². The standard InChI is InChI=1S/C67H117N2O7P/c1-7-10-13-16-19-22-25-28-29-30-31-32-33-34-35-36-37-38-39-42-45-48-51-54-57-60-67(71)76-65(58-55-52-49-46-43-40-26-23-20-17-14-11-8-2)64(63-75-77(72,73)74-62-61-69(4,5)6)68-66(70)59-56-53-50-47-44-41-27-24-21-18-15-12-9-3/h10,13,19,22,28-29,31-32,34-35,37-38,41,44,50,53,55,58,64-65H,7-9,11-12,14-18,20-21,23-27,30,33,36,39-40,42-43,45-49,51-52,54,56-57,59-63H2,1-6H3,(H-,68,70,72,73)/b13-10-,22-19-,29-28-,32-31-,35-34-,38-37-,44-41-,53-50+,58-55-. The van der Waals surface area contributed by atoms with Gasteiger partial charge in [-0.2, -0.15) is 0 Å². The fraction of sp³-hybridized carbons (Fsp3) is 0.701. The van der Waals surface area contributed by atoms with Crippen LogP contribution in [0.15, 0.2) is 109 Å². The Morgan fingerprint density at radius 2 is 0.844 bits per heavy atom. The summed E-state index contributed by atoms with van der Waals surface area (Å²) in [6.45, 7) is 6.66. The number of likely N-dealkylation sites (N-methyl/N-ethyl adjacent to an activating group) is 1. The second kappa shape index (κ2) is 56.0. The zero-order valence-electron chi connectivity index (χ0n) is 50.4. The lowest BCUT2D eigenvalue weighted by Gasteiger charge is -2.30. The zero-order valence-corrected chi connectivity index (χ0v) is 51.3. The van der Waals surface area contributed by atoms with Gasteiger partial charge in [0.15, 0.2) is 0 Å². The number of hydrogen-bond donors (Lipinski definition) is 1. The molecule has 77 heavy (non-hydrogen) atoms. The van der Waals surface area contributed by atoms with Crippen LogP contribution in [0, 0.1) is 0 Å². The largest absolute Gasteiger partial charge is 0.756 e. The molecule has 3 atom stereocenters. The van der Waals surface area contributed by atoms with Gasteiger partial charge in [-0.1, -0.05) is 246 Å². The smallest absolute Gasteiger partial charge is 0.306 e. The Kier molecular flexibility index (Phi) is 53.5. The van der Waals surface area contributed by atoms with Gasteiger partial charge in [0, 0.05) is 12.8 Å². The molecule has 0 radical (unpaired) electrons. The second-order valence-electron chi connectivity index (χ2n) is 21.8. The third-order valence-electron chi connectivity index (χ3n) is 13.2. The number of nitrogens with one attached hydrogen (secondary N) is 1. The van der Waals surface area contributed by atoms with E-state index in [4.69, 9.17) is 13.8 Å². The van der Waals surface area contributed by atoms with Crippen molar-refractivity contribution in [2.75, 3.05) is 40.9 Å². The number of carbonyl (C=O) groups excluding carboxylic acids is 2. The van der Waals surface area contributed by atoms with E-state index in [0.717, 1.165) is 109 Å². The molecule has 0 saturated heterocycles. The van der Waals surface area contributed by atoms with E-state index in [9.17, 15) is 19.0 Å². The first-order valence-electron chi connectivity index (χ1n) is 31.2. The van der Waals surface area contributed by atoms with Crippen LogP contribution in [0.4, 0.5) is 0 Å². The summed E-state index contributed by atoms with van der Waals surface area (Å²) in [5.41, 5.74) is 0. The lowest BCUT2D eigenvalue weighted by molar-refractivity contribution is -0.870. The Labute approximate surface area is 474 Å². The fourth-order valence-corrected chi connectivity index (χ4v) is 9.12. The summed E-state index contributed by atoms with van der Waals surface area (Å²) >= 11 is 0. The number of quaternary nitrogens is 1. The van der Waals surface area contributed by atoms with Crippen LogP contribution in [0.5, 0.6) is 0 Å². The molecule has 0 aromatic carbocycles. The van der Waals surface area contributed by atoms with Gasteiger partial charge >= 0.3 is 5.97 Å². The maximum Gasteiger partial charge on any atom is 0.306 e. The van der Waals surface area contributed by atoms with Gasteiger partial charge < -0.3 is 28.5 Å². The van der Waals surface area contributed by atoms with Crippen LogP contribution < -0.4 is 10.2 Å². The maximum atomic E-state index is 13.5. The average Bonchev–Trinajstić information content (AvgIpc) is 3.39. The molecule has 0 fully saturated rings. The molecule has 3 unspecified atom stereocenters. The SMILES string of the molecule is CC/C=C\C/C=C\C/C=C\C/C=C\C/C=C\C/C=C\CCCCCCCCC(=O)OC(/C=C\CCCCCCCCCCCCC)C(COP(=O)([O-])OCC[N+](C)(C)C)NC(=O)CC/C=C/C/C=C\CCCCCCCC. The highest BCUT2D eigenvalue weighted by atomic mass is 31.2. The minimum atomic E-state index is -4.72. The molecule has 1 amide bonds.